The molecule has 24 heavy (non-hydrogen) atoms. The molecular weight excluding hydrogens is 315 g/mol. The van der Waals surface area contributed by atoms with Crippen molar-refractivity contribution in [3.8, 4) is 0 Å². The number of ether oxygens (including phenoxy) is 1. The fourth-order valence-electron chi connectivity index (χ4n) is 2.88. The van der Waals surface area contributed by atoms with Crippen molar-refractivity contribution in [1.82, 2.24) is 0 Å². The second kappa shape index (κ2) is 7.33. The zero-order chi connectivity index (χ0) is 16.8. The minimum Gasteiger partial charge on any atom is -0.479 e. The average molecular weight is 335 g/mol. The summed E-state index contributed by atoms with van der Waals surface area (Å²) in [6.45, 7) is 0. The summed E-state index contributed by atoms with van der Waals surface area (Å²) in [5.41, 5.74) is 0. The molecule has 0 spiro atoms. The Morgan fingerprint density at radius 3 is 1.33 bits per heavy atom. The molecule has 0 amide bonds. The molecule has 0 unspecified atom stereocenters. The lowest BCUT2D eigenvalue weighted by molar-refractivity contribution is 0.137. The van der Waals surface area contributed by atoms with E-state index in [1.54, 1.807) is 0 Å². The van der Waals surface area contributed by atoms with Crippen LogP contribution in [0.1, 0.15) is 0 Å². The highest BCUT2D eigenvalue weighted by Gasteiger charge is 2.44. The van der Waals surface area contributed by atoms with E-state index in [9.17, 15) is 5.11 Å². The van der Waals surface area contributed by atoms with Gasteiger partial charge in [0.1, 0.15) is 23.2 Å². The van der Waals surface area contributed by atoms with E-state index in [4.69, 9.17) is 4.74 Å². The van der Waals surface area contributed by atoms with Crippen LogP contribution in [0, 0.1) is 0 Å². The predicted octanol–water partition coefficient (Wildman–Crippen LogP) is 3.98. The van der Waals surface area contributed by atoms with Crippen LogP contribution in [-0.2, 0) is 4.74 Å². The summed E-state index contributed by atoms with van der Waals surface area (Å²) in [5.74, 6) is 1.83. The first-order valence-corrected chi connectivity index (χ1v) is 9.64. The SMILES string of the molecule is COC(O)=C[P+](c1ccccc1)(c1ccccc1)c1ccccc1. The van der Waals surface area contributed by atoms with Crippen LogP contribution in [0.2, 0.25) is 0 Å². The van der Waals surface area contributed by atoms with E-state index in [1.165, 1.54) is 23.0 Å². The van der Waals surface area contributed by atoms with Gasteiger partial charge in [0.15, 0.2) is 5.82 Å². The maximum absolute atomic E-state index is 10.2. The van der Waals surface area contributed by atoms with Gasteiger partial charge in [-0.3, -0.25) is 0 Å². The minimum atomic E-state index is -2.16. The van der Waals surface area contributed by atoms with Crippen LogP contribution < -0.4 is 15.9 Å². The summed E-state index contributed by atoms with van der Waals surface area (Å²) < 4.78 is 5.11. The Kier molecular flexibility index (Phi) is 4.98. The smallest absolute Gasteiger partial charge is 0.314 e. The maximum atomic E-state index is 10.2. The van der Waals surface area contributed by atoms with Crippen LogP contribution >= 0.6 is 7.26 Å². The van der Waals surface area contributed by atoms with Crippen molar-refractivity contribution in [1.29, 1.82) is 0 Å². The molecule has 0 aliphatic heterocycles. The first-order valence-electron chi connectivity index (χ1n) is 7.79. The lowest BCUT2D eigenvalue weighted by Gasteiger charge is -2.23. The number of methoxy groups -OCH3 is 1. The van der Waals surface area contributed by atoms with Crippen molar-refractivity contribution in [2.75, 3.05) is 7.11 Å². The molecule has 3 rings (SSSR count). The summed E-state index contributed by atoms with van der Waals surface area (Å²) >= 11 is 0. The molecule has 0 heterocycles. The third-order valence-electron chi connectivity index (χ3n) is 4.00. The van der Waals surface area contributed by atoms with Crippen molar-refractivity contribution < 1.29 is 9.84 Å². The molecule has 0 bridgehead atoms. The van der Waals surface area contributed by atoms with Gasteiger partial charge in [-0.1, -0.05) is 54.6 Å². The molecule has 0 aliphatic carbocycles. The Labute approximate surface area is 143 Å². The summed E-state index contributed by atoms with van der Waals surface area (Å²) in [5, 5.41) is 13.8. The zero-order valence-corrected chi connectivity index (χ0v) is 14.4. The van der Waals surface area contributed by atoms with Gasteiger partial charge in [0.05, 0.1) is 7.11 Å². The van der Waals surface area contributed by atoms with E-state index in [1.807, 2.05) is 60.4 Å². The number of aliphatic hydroxyl groups excluding tert-OH is 1. The number of rotatable bonds is 5. The van der Waals surface area contributed by atoms with E-state index < -0.39 is 7.26 Å². The van der Waals surface area contributed by atoms with Gasteiger partial charge in [-0.25, -0.2) is 0 Å². The van der Waals surface area contributed by atoms with Gasteiger partial charge < -0.3 is 9.84 Å². The standard InChI is InChI=1S/C21H19O2P/c1-23-21(22)17-24(18-11-5-2-6-12-18,19-13-7-3-8-14-19)20-15-9-4-10-16-20/h2-17H,1H3/p+1. The second-order valence-corrected chi connectivity index (χ2v) is 8.65. The Hall–Kier alpha value is -2.57. The molecular formula is C21H20O2P+. The van der Waals surface area contributed by atoms with E-state index in [0.29, 0.717) is 0 Å². The Bertz CT molecular complexity index is 702. The molecule has 3 aromatic rings. The highest BCUT2D eigenvalue weighted by Crippen LogP contribution is 2.57. The second-order valence-electron chi connectivity index (χ2n) is 5.40. The number of hydrogen-bond donors (Lipinski definition) is 1. The van der Waals surface area contributed by atoms with Crippen molar-refractivity contribution in [2.45, 2.75) is 0 Å². The molecule has 0 fully saturated rings. The number of aliphatic hydroxyl groups is 1. The highest BCUT2D eigenvalue weighted by molar-refractivity contribution is 7.98. The Morgan fingerprint density at radius 1 is 0.708 bits per heavy atom. The van der Waals surface area contributed by atoms with E-state index in [2.05, 4.69) is 36.4 Å². The fourth-order valence-corrected chi connectivity index (χ4v) is 6.58. The summed E-state index contributed by atoms with van der Waals surface area (Å²) in [7, 11) is -0.675. The summed E-state index contributed by atoms with van der Waals surface area (Å²) in [6, 6.07) is 30.9. The van der Waals surface area contributed by atoms with Crippen molar-refractivity contribution in [2.24, 2.45) is 0 Å². The van der Waals surface area contributed by atoms with E-state index in [0.717, 1.165) is 0 Å². The Balaban J connectivity index is 2.37. The fraction of sp³-hybridized carbons (Fsp3) is 0.0476. The molecule has 3 heteroatoms. The molecule has 3 aromatic carbocycles. The normalized spacial score (nSPS) is 12.0. The van der Waals surface area contributed by atoms with E-state index in [-0.39, 0.29) is 5.95 Å². The van der Waals surface area contributed by atoms with Gasteiger partial charge in [-0.15, -0.1) is 0 Å². The van der Waals surface area contributed by atoms with Gasteiger partial charge in [0.25, 0.3) is 0 Å². The first-order chi connectivity index (χ1) is 11.8. The quantitative estimate of drug-likeness (QED) is 0.564. The zero-order valence-electron chi connectivity index (χ0n) is 13.5. The number of benzene rings is 3. The van der Waals surface area contributed by atoms with Crippen LogP contribution in [0.3, 0.4) is 0 Å². The molecule has 0 radical (unpaired) electrons. The van der Waals surface area contributed by atoms with Crippen LogP contribution in [0.5, 0.6) is 0 Å². The van der Waals surface area contributed by atoms with Gasteiger partial charge in [0.2, 0.25) is 0 Å². The third-order valence-corrected chi connectivity index (χ3v) is 7.95. The lowest BCUT2D eigenvalue weighted by Crippen LogP contribution is -2.30. The third kappa shape index (κ3) is 3.06. The van der Waals surface area contributed by atoms with Crippen molar-refractivity contribution >= 4 is 23.2 Å². The van der Waals surface area contributed by atoms with Crippen molar-refractivity contribution in [3.63, 3.8) is 0 Å². The van der Waals surface area contributed by atoms with Crippen LogP contribution in [-0.4, -0.2) is 12.2 Å². The highest BCUT2D eigenvalue weighted by atomic mass is 31.2. The number of hydrogen-bond acceptors (Lipinski definition) is 2. The largest absolute Gasteiger partial charge is 0.479 e. The molecule has 0 aromatic heterocycles. The maximum Gasteiger partial charge on any atom is 0.314 e. The van der Waals surface area contributed by atoms with Crippen molar-refractivity contribution in [3.05, 3.63) is 103 Å². The monoisotopic (exact) mass is 335 g/mol. The van der Waals surface area contributed by atoms with Gasteiger partial charge in [0, 0.05) is 0 Å². The summed E-state index contributed by atoms with van der Waals surface area (Å²) in [6.07, 6.45) is 0. The molecule has 0 aliphatic rings. The molecule has 0 saturated carbocycles. The van der Waals surface area contributed by atoms with Gasteiger partial charge in [-0.2, -0.15) is 0 Å². The van der Waals surface area contributed by atoms with E-state index >= 15 is 0 Å². The van der Waals surface area contributed by atoms with Crippen LogP contribution in [0.4, 0.5) is 0 Å². The first kappa shape index (κ1) is 16.3. The minimum absolute atomic E-state index is 0.0557. The average Bonchev–Trinajstić information content (AvgIpc) is 2.68. The molecule has 0 saturated heterocycles. The molecule has 0 atom stereocenters. The molecule has 120 valence electrons. The van der Waals surface area contributed by atoms with Crippen LogP contribution in [0.25, 0.3) is 0 Å². The Morgan fingerprint density at radius 2 is 1.04 bits per heavy atom. The molecule has 2 nitrogen and oxygen atoms in total. The van der Waals surface area contributed by atoms with Gasteiger partial charge in [-0.05, 0) is 36.4 Å². The topological polar surface area (TPSA) is 29.5 Å². The predicted molar refractivity (Wildman–Crippen MR) is 103 cm³/mol. The summed E-state index contributed by atoms with van der Waals surface area (Å²) in [4.78, 5) is 0. The van der Waals surface area contributed by atoms with Crippen LogP contribution in [0.15, 0.2) is 103 Å². The van der Waals surface area contributed by atoms with Gasteiger partial charge >= 0.3 is 5.95 Å². The molecule has 1 N–H and O–H groups in total. The lowest BCUT2D eigenvalue weighted by atomic mass is 10.4.